The fourth-order valence-electron chi connectivity index (χ4n) is 0. The fourth-order valence-corrected chi connectivity index (χ4v) is 0. The van der Waals surface area contributed by atoms with E-state index in [0.717, 1.165) is 14.9 Å². The van der Waals surface area contributed by atoms with Crippen molar-refractivity contribution in [2.75, 3.05) is 6.66 Å². The van der Waals surface area contributed by atoms with Gasteiger partial charge in [0, 0.05) is 0 Å². The molecule has 0 aromatic rings. The first-order valence-electron chi connectivity index (χ1n) is 1.94. The second-order valence-electron chi connectivity index (χ2n) is 1.44. The highest BCUT2D eigenvalue weighted by Crippen LogP contribution is 2.05. The van der Waals surface area contributed by atoms with E-state index in [4.69, 9.17) is 0 Å². The van der Waals surface area contributed by atoms with E-state index in [9.17, 15) is 0 Å². The monoisotopic (exact) mass is 88.1 g/mol. The molecule has 0 rings (SSSR count). The Labute approximate surface area is 36.2 Å². The van der Waals surface area contributed by atoms with Crippen molar-refractivity contribution in [1.29, 1.82) is 0 Å². The Bertz CT molecular complexity index is 20.9. The topological polar surface area (TPSA) is 0 Å². The van der Waals surface area contributed by atoms with Crippen LogP contribution >= 0.6 is 8.46 Å². The summed E-state index contributed by atoms with van der Waals surface area (Å²) in [5.74, 6) is 0. The van der Waals surface area contributed by atoms with Crippen molar-refractivity contribution in [3.8, 4) is 0 Å². The van der Waals surface area contributed by atoms with E-state index in [-0.39, 0.29) is 0 Å². The molecule has 2 heteroatoms. The molecule has 0 amide bonds. The van der Waals surface area contributed by atoms with Crippen LogP contribution in [0.4, 0.5) is 0 Å². The molecule has 1 atom stereocenters. The number of rotatable bonds is 1. The summed E-state index contributed by atoms with van der Waals surface area (Å²) in [5, 5.41) is 0. The molecule has 1 unspecified atom stereocenters. The summed E-state index contributed by atoms with van der Waals surface area (Å²) in [6.07, 6.45) is 0.912. The third kappa shape index (κ3) is 4.49. The minimum atomic E-state index is 0.912. The smallest absolute Gasteiger partial charge is 0.159 e. The fraction of sp³-hybridized carbons (Fsp3) is 1.00. The van der Waals surface area contributed by atoms with Gasteiger partial charge < -0.3 is 0 Å². The normalized spacial score (nSPS) is 10.2. The Morgan fingerprint density at radius 3 is 1.60 bits per heavy atom. The Morgan fingerprint density at radius 2 is 1.60 bits per heavy atom. The van der Waals surface area contributed by atoms with Crippen molar-refractivity contribution in [1.82, 2.24) is 0 Å². The standard InChI is InChI=1S/C3H10BP/c1-4(2)5-3/h5H,1-3H3. The molecule has 0 bridgehead atoms. The van der Waals surface area contributed by atoms with Gasteiger partial charge in [-0.1, -0.05) is 20.3 Å². The first kappa shape index (κ1) is 5.49. The molecule has 0 aromatic heterocycles. The minimum absolute atomic E-state index is 0.912. The minimum Gasteiger partial charge on any atom is -0.159 e. The summed E-state index contributed by atoms with van der Waals surface area (Å²) in [6, 6.07) is 0. The van der Waals surface area contributed by atoms with Crippen LogP contribution in [0.2, 0.25) is 13.6 Å². The summed E-state index contributed by atoms with van der Waals surface area (Å²) in [5.41, 5.74) is 0. The van der Waals surface area contributed by atoms with Crippen molar-refractivity contribution in [2.45, 2.75) is 13.6 Å². The molecular formula is C3H10BP. The molecule has 0 fully saturated rings. The zero-order valence-corrected chi connectivity index (χ0v) is 5.08. The summed E-state index contributed by atoms with van der Waals surface area (Å²) in [7, 11) is 1.11. The zero-order valence-electron chi connectivity index (χ0n) is 4.08. The molecule has 0 spiro atoms. The maximum absolute atomic E-state index is 2.23. The average Bonchev–Trinajstić information content (AvgIpc) is 1.38. The zero-order chi connectivity index (χ0) is 4.28. The Balaban J connectivity index is 2.54. The first-order valence-corrected chi connectivity index (χ1v) is 3.52. The van der Waals surface area contributed by atoms with Gasteiger partial charge in [-0.15, -0.1) is 0 Å². The largest absolute Gasteiger partial charge is 0.160 e. The second-order valence-corrected chi connectivity index (χ2v) is 3.18. The van der Waals surface area contributed by atoms with Crippen LogP contribution in [0, 0.1) is 0 Å². The van der Waals surface area contributed by atoms with E-state index in [1.807, 2.05) is 0 Å². The summed E-state index contributed by atoms with van der Waals surface area (Å²) in [6.45, 7) is 6.70. The van der Waals surface area contributed by atoms with Crippen LogP contribution in [-0.4, -0.2) is 13.1 Å². The maximum Gasteiger partial charge on any atom is 0.160 e. The van der Waals surface area contributed by atoms with Gasteiger partial charge in [0.15, 0.2) is 6.43 Å². The lowest BCUT2D eigenvalue weighted by Gasteiger charge is -1.85. The highest BCUT2D eigenvalue weighted by atomic mass is 31.1. The quantitative estimate of drug-likeness (QED) is 0.337. The van der Waals surface area contributed by atoms with Crippen LogP contribution in [0.1, 0.15) is 0 Å². The molecular weight excluding hydrogens is 77.8 g/mol. The van der Waals surface area contributed by atoms with Crippen molar-refractivity contribution >= 4 is 14.9 Å². The van der Waals surface area contributed by atoms with Crippen LogP contribution in [0.3, 0.4) is 0 Å². The third-order valence-electron chi connectivity index (χ3n) is 0.577. The molecule has 0 aliphatic carbocycles. The van der Waals surface area contributed by atoms with E-state index in [2.05, 4.69) is 20.3 Å². The lowest BCUT2D eigenvalue weighted by Crippen LogP contribution is -1.84. The molecule has 0 aromatic carbocycles. The van der Waals surface area contributed by atoms with Crippen molar-refractivity contribution < 1.29 is 0 Å². The highest BCUT2D eigenvalue weighted by molar-refractivity contribution is 7.75. The molecule has 0 N–H and O–H groups in total. The molecule has 0 nitrogen and oxygen atoms in total. The predicted molar refractivity (Wildman–Crippen MR) is 31.7 cm³/mol. The lowest BCUT2D eigenvalue weighted by molar-refractivity contribution is 2.10. The van der Waals surface area contributed by atoms with Gasteiger partial charge in [-0.3, -0.25) is 0 Å². The molecule has 5 heavy (non-hydrogen) atoms. The first-order chi connectivity index (χ1) is 2.27. The SMILES string of the molecule is CPB(C)C. The van der Waals surface area contributed by atoms with Crippen LogP contribution in [0.15, 0.2) is 0 Å². The molecule has 0 heterocycles. The number of hydrogen-bond acceptors (Lipinski definition) is 0. The summed E-state index contributed by atoms with van der Waals surface area (Å²) >= 11 is 0. The van der Waals surface area contributed by atoms with Crippen molar-refractivity contribution in [3.05, 3.63) is 0 Å². The Morgan fingerprint density at radius 1 is 1.40 bits per heavy atom. The maximum atomic E-state index is 2.23. The predicted octanol–water partition coefficient (Wildman–Crippen LogP) is 1.55. The van der Waals surface area contributed by atoms with E-state index < -0.39 is 0 Å². The van der Waals surface area contributed by atoms with Gasteiger partial charge in [0.25, 0.3) is 0 Å². The molecule has 0 radical (unpaired) electrons. The van der Waals surface area contributed by atoms with Gasteiger partial charge in [0.1, 0.15) is 0 Å². The van der Waals surface area contributed by atoms with E-state index in [0.29, 0.717) is 0 Å². The van der Waals surface area contributed by atoms with Gasteiger partial charge in [0.2, 0.25) is 0 Å². The lowest BCUT2D eigenvalue weighted by atomic mass is 9.84. The van der Waals surface area contributed by atoms with Crippen LogP contribution in [0.25, 0.3) is 0 Å². The van der Waals surface area contributed by atoms with Crippen molar-refractivity contribution in [2.24, 2.45) is 0 Å². The second kappa shape index (κ2) is 2.72. The molecule has 0 aliphatic rings. The summed E-state index contributed by atoms with van der Waals surface area (Å²) in [4.78, 5) is 0. The van der Waals surface area contributed by atoms with E-state index in [1.54, 1.807) is 0 Å². The average molecular weight is 87.9 g/mol. The molecule has 0 saturated carbocycles. The van der Waals surface area contributed by atoms with E-state index in [1.165, 1.54) is 0 Å². The Kier molecular flexibility index (Phi) is 2.99. The van der Waals surface area contributed by atoms with Crippen molar-refractivity contribution in [3.63, 3.8) is 0 Å². The van der Waals surface area contributed by atoms with Gasteiger partial charge in [-0.05, 0) is 0 Å². The van der Waals surface area contributed by atoms with Crippen LogP contribution < -0.4 is 0 Å². The van der Waals surface area contributed by atoms with Gasteiger partial charge in [-0.2, -0.15) is 8.46 Å². The third-order valence-corrected chi connectivity index (χ3v) is 1.73. The van der Waals surface area contributed by atoms with Gasteiger partial charge >= 0.3 is 0 Å². The van der Waals surface area contributed by atoms with Crippen LogP contribution in [0.5, 0.6) is 0 Å². The Hall–Kier alpha value is 0.495. The molecule has 0 saturated heterocycles. The van der Waals surface area contributed by atoms with Gasteiger partial charge in [0.05, 0.1) is 0 Å². The molecule has 0 aliphatic heterocycles. The molecule has 30 valence electrons. The van der Waals surface area contributed by atoms with Gasteiger partial charge in [-0.25, -0.2) is 0 Å². The summed E-state index contributed by atoms with van der Waals surface area (Å²) < 4.78 is 0. The number of hydrogen-bond donors (Lipinski definition) is 0. The van der Waals surface area contributed by atoms with E-state index >= 15 is 0 Å². The van der Waals surface area contributed by atoms with Crippen LogP contribution in [-0.2, 0) is 0 Å². The highest BCUT2D eigenvalue weighted by Gasteiger charge is 1.86.